The van der Waals surface area contributed by atoms with E-state index >= 15 is 0 Å². The van der Waals surface area contributed by atoms with Crippen LogP contribution in [0.2, 0.25) is 0 Å². The zero-order valence-electron chi connectivity index (χ0n) is 16.7. The predicted molar refractivity (Wildman–Crippen MR) is 120 cm³/mol. The Morgan fingerprint density at radius 2 is 1.93 bits per heavy atom. The largest absolute Gasteiger partial charge is 0.379 e. The van der Waals surface area contributed by atoms with Crippen molar-refractivity contribution in [3.8, 4) is 0 Å². The smallest absolute Gasteiger partial charge is 0.224 e. The molecule has 1 N–H and O–H groups in total. The average Bonchev–Trinajstić information content (AvgIpc) is 3.14. The molecule has 0 atom stereocenters. The van der Waals surface area contributed by atoms with Gasteiger partial charge in [-0.1, -0.05) is 22.0 Å². The first-order valence-corrected chi connectivity index (χ1v) is 11.0. The molecule has 1 aliphatic heterocycles. The monoisotopic (exact) mass is 473 g/mol. The first-order chi connectivity index (χ1) is 14.6. The van der Waals surface area contributed by atoms with Crippen molar-refractivity contribution < 1.29 is 13.9 Å². The van der Waals surface area contributed by atoms with Gasteiger partial charge in [0, 0.05) is 59.9 Å². The van der Waals surface area contributed by atoms with E-state index in [1.807, 2.05) is 18.2 Å². The zero-order valence-corrected chi connectivity index (χ0v) is 18.3. The summed E-state index contributed by atoms with van der Waals surface area (Å²) in [5.74, 6) is -0.416. The number of carbonyl (C=O) groups excluding carboxylic acids is 1. The number of amides is 1. The lowest BCUT2D eigenvalue weighted by Crippen LogP contribution is -2.38. The summed E-state index contributed by atoms with van der Waals surface area (Å²) in [7, 11) is 0. The molecule has 3 aromatic rings. The van der Waals surface area contributed by atoms with Crippen molar-refractivity contribution in [3.63, 3.8) is 0 Å². The minimum atomic E-state index is -0.294. The molecule has 0 aliphatic carbocycles. The number of aryl methyl sites for hydroxylation is 1. The van der Waals surface area contributed by atoms with Gasteiger partial charge < -0.3 is 14.6 Å². The van der Waals surface area contributed by atoms with Gasteiger partial charge in [0.1, 0.15) is 5.82 Å². The van der Waals surface area contributed by atoms with Gasteiger partial charge in [0.2, 0.25) is 5.91 Å². The molecule has 0 saturated carbocycles. The third kappa shape index (κ3) is 5.28. The number of rotatable bonds is 7. The molecule has 1 amide bonds. The zero-order chi connectivity index (χ0) is 20.9. The summed E-state index contributed by atoms with van der Waals surface area (Å²) in [5.41, 5.74) is 2.45. The summed E-state index contributed by atoms with van der Waals surface area (Å²) in [6.07, 6.45) is 2.69. The molecule has 1 aromatic heterocycles. The van der Waals surface area contributed by atoms with Crippen LogP contribution < -0.4 is 5.32 Å². The summed E-state index contributed by atoms with van der Waals surface area (Å²) >= 11 is 3.24. The lowest BCUT2D eigenvalue weighted by molar-refractivity contribution is -0.116. The maximum Gasteiger partial charge on any atom is 0.224 e. The number of fused-ring (bicyclic) bond motifs is 1. The van der Waals surface area contributed by atoms with Gasteiger partial charge in [-0.05, 0) is 48.4 Å². The van der Waals surface area contributed by atoms with Crippen LogP contribution in [0.1, 0.15) is 12.0 Å². The maximum atomic E-state index is 13.9. The van der Waals surface area contributed by atoms with Crippen LogP contribution >= 0.6 is 15.9 Å². The van der Waals surface area contributed by atoms with Gasteiger partial charge in [0.05, 0.1) is 13.2 Å². The van der Waals surface area contributed by atoms with Gasteiger partial charge in [-0.25, -0.2) is 4.39 Å². The topological polar surface area (TPSA) is 46.5 Å². The van der Waals surface area contributed by atoms with Crippen molar-refractivity contribution in [2.75, 3.05) is 38.2 Å². The molecule has 1 saturated heterocycles. The number of hydrogen-bond donors (Lipinski definition) is 1. The number of hydrogen-bond acceptors (Lipinski definition) is 3. The molecule has 5 nitrogen and oxygen atoms in total. The lowest BCUT2D eigenvalue weighted by Gasteiger charge is -2.26. The van der Waals surface area contributed by atoms with Crippen molar-refractivity contribution in [1.29, 1.82) is 0 Å². The Labute approximate surface area is 183 Å². The van der Waals surface area contributed by atoms with Gasteiger partial charge >= 0.3 is 0 Å². The molecule has 0 radical (unpaired) electrons. The molecule has 1 aliphatic rings. The van der Waals surface area contributed by atoms with Crippen LogP contribution in [0, 0.1) is 5.82 Å². The Bertz CT molecular complexity index is 1030. The highest BCUT2D eigenvalue weighted by Crippen LogP contribution is 2.21. The summed E-state index contributed by atoms with van der Waals surface area (Å²) in [6, 6.07) is 12.9. The molecule has 0 spiro atoms. The van der Waals surface area contributed by atoms with Crippen molar-refractivity contribution in [1.82, 2.24) is 9.47 Å². The number of nitrogens with one attached hydrogen (secondary N) is 1. The van der Waals surface area contributed by atoms with Crippen LogP contribution in [0.15, 0.2) is 53.1 Å². The normalized spacial score (nSPS) is 14.9. The quantitative estimate of drug-likeness (QED) is 0.551. The molecular weight excluding hydrogens is 449 g/mol. The fourth-order valence-electron chi connectivity index (χ4n) is 3.74. The van der Waals surface area contributed by atoms with Gasteiger partial charge in [-0.3, -0.25) is 9.69 Å². The molecule has 0 unspecified atom stereocenters. The van der Waals surface area contributed by atoms with E-state index in [4.69, 9.17) is 4.74 Å². The van der Waals surface area contributed by atoms with E-state index in [-0.39, 0.29) is 18.1 Å². The first-order valence-electron chi connectivity index (χ1n) is 10.2. The molecule has 7 heteroatoms. The van der Waals surface area contributed by atoms with Crippen molar-refractivity contribution >= 4 is 38.4 Å². The number of nitrogens with zero attached hydrogens (tertiary/aromatic N) is 2. The fourth-order valence-corrected chi connectivity index (χ4v) is 4.08. The van der Waals surface area contributed by atoms with E-state index in [1.165, 1.54) is 6.07 Å². The minimum Gasteiger partial charge on any atom is -0.379 e. The number of benzene rings is 2. The summed E-state index contributed by atoms with van der Waals surface area (Å²) in [5, 5.41) is 4.02. The molecular formula is C23H25BrFN3O2. The van der Waals surface area contributed by atoms with Crippen molar-refractivity contribution in [2.45, 2.75) is 19.4 Å². The van der Waals surface area contributed by atoms with E-state index in [0.717, 1.165) is 56.0 Å². The van der Waals surface area contributed by atoms with Gasteiger partial charge in [0.25, 0.3) is 0 Å². The Kier molecular flexibility index (Phi) is 6.82. The molecule has 158 valence electrons. The van der Waals surface area contributed by atoms with Crippen LogP contribution in [-0.4, -0.2) is 48.2 Å². The number of aromatic nitrogens is 1. The number of anilines is 1. The second-order valence-corrected chi connectivity index (χ2v) is 8.44. The van der Waals surface area contributed by atoms with Gasteiger partial charge in [-0.2, -0.15) is 0 Å². The average molecular weight is 474 g/mol. The third-order valence-corrected chi connectivity index (χ3v) is 5.95. The van der Waals surface area contributed by atoms with E-state index in [9.17, 15) is 9.18 Å². The minimum absolute atomic E-state index is 0.122. The van der Waals surface area contributed by atoms with Crippen LogP contribution in [0.5, 0.6) is 0 Å². The highest BCUT2D eigenvalue weighted by Gasteiger charge is 2.11. The van der Waals surface area contributed by atoms with Gasteiger partial charge in [-0.15, -0.1) is 0 Å². The van der Waals surface area contributed by atoms with E-state index in [2.05, 4.69) is 43.0 Å². The highest BCUT2D eigenvalue weighted by atomic mass is 79.9. The standard InChI is InChI=1S/C23H25BrFN3O2/c24-19-3-1-17(21(25)16-19)2-6-23(29)26-20-4-5-22-18(15-20)7-8-28(22)10-9-27-11-13-30-14-12-27/h1,3-5,7-8,15-16H,2,6,9-14H2,(H,26,29). The van der Waals surface area contributed by atoms with E-state index < -0.39 is 0 Å². The SMILES string of the molecule is O=C(CCc1ccc(Br)cc1F)Nc1ccc2c(ccn2CCN2CCOCC2)c1. The number of morpholine rings is 1. The number of halogens is 2. The Balaban J connectivity index is 1.33. The molecule has 2 heterocycles. The summed E-state index contributed by atoms with van der Waals surface area (Å²) < 4.78 is 22.3. The molecule has 0 bridgehead atoms. The highest BCUT2D eigenvalue weighted by molar-refractivity contribution is 9.10. The van der Waals surface area contributed by atoms with Crippen LogP contribution in [0.4, 0.5) is 10.1 Å². The van der Waals surface area contributed by atoms with Crippen molar-refractivity contribution in [2.24, 2.45) is 0 Å². The molecule has 1 fully saturated rings. The van der Waals surface area contributed by atoms with E-state index in [0.29, 0.717) is 16.5 Å². The van der Waals surface area contributed by atoms with Gasteiger partial charge in [0.15, 0.2) is 0 Å². The molecule has 30 heavy (non-hydrogen) atoms. The van der Waals surface area contributed by atoms with E-state index in [1.54, 1.807) is 12.1 Å². The number of ether oxygens (including phenoxy) is 1. The fraction of sp³-hybridized carbons (Fsp3) is 0.348. The molecule has 2 aromatic carbocycles. The summed E-state index contributed by atoms with van der Waals surface area (Å²) in [6.45, 7) is 5.51. The van der Waals surface area contributed by atoms with Crippen LogP contribution in [0.25, 0.3) is 10.9 Å². The summed E-state index contributed by atoms with van der Waals surface area (Å²) in [4.78, 5) is 14.7. The molecule has 4 rings (SSSR count). The third-order valence-electron chi connectivity index (χ3n) is 5.45. The van der Waals surface area contributed by atoms with Crippen LogP contribution in [0.3, 0.4) is 0 Å². The Morgan fingerprint density at radius 1 is 1.10 bits per heavy atom. The maximum absolute atomic E-state index is 13.9. The Hall–Kier alpha value is -2.22. The van der Waals surface area contributed by atoms with Crippen LogP contribution in [-0.2, 0) is 22.5 Å². The number of carbonyl (C=O) groups is 1. The second kappa shape index (κ2) is 9.73. The second-order valence-electron chi connectivity index (χ2n) is 7.52. The Morgan fingerprint density at radius 3 is 2.73 bits per heavy atom. The first kappa shape index (κ1) is 21.0. The predicted octanol–water partition coefficient (Wildman–Crippen LogP) is 4.45. The van der Waals surface area contributed by atoms with Crippen molar-refractivity contribution in [3.05, 3.63) is 64.5 Å². The lowest BCUT2D eigenvalue weighted by atomic mass is 10.1.